The molecule has 0 spiro atoms. The largest absolute Gasteiger partial charge is 0.383 e. The summed E-state index contributed by atoms with van der Waals surface area (Å²) in [5.74, 6) is -0.403. The van der Waals surface area contributed by atoms with E-state index >= 15 is 0 Å². The number of carbonyl (C=O) groups excluding carboxylic acids is 1. The van der Waals surface area contributed by atoms with Gasteiger partial charge in [-0.3, -0.25) is 14.9 Å². The number of amides is 1. The summed E-state index contributed by atoms with van der Waals surface area (Å²) in [5, 5.41) is 13.3. The molecule has 1 rings (SSSR count). The van der Waals surface area contributed by atoms with Crippen molar-refractivity contribution in [1.82, 2.24) is 5.32 Å². The number of hydrogen-bond acceptors (Lipinski definition) is 4. The van der Waals surface area contributed by atoms with E-state index in [1.54, 1.807) is 6.92 Å². The standard InChI is InChI=1S/C11H13ClN2O4/c1-7(6-18-2)13-11(15)8-3-4-9(12)10(5-8)14(16)17/h3-5,7H,6H2,1-2H3,(H,13,15)/t7-/m0/s1. The minimum absolute atomic E-state index is 0.00138. The van der Waals surface area contributed by atoms with E-state index in [2.05, 4.69) is 5.32 Å². The monoisotopic (exact) mass is 272 g/mol. The van der Waals surface area contributed by atoms with Gasteiger partial charge in [0.05, 0.1) is 11.5 Å². The molecule has 0 radical (unpaired) electrons. The van der Waals surface area contributed by atoms with Crippen LogP contribution in [0.5, 0.6) is 0 Å². The highest BCUT2D eigenvalue weighted by atomic mass is 35.5. The summed E-state index contributed by atoms with van der Waals surface area (Å²) in [6.07, 6.45) is 0. The Bertz CT molecular complexity index is 464. The molecule has 6 nitrogen and oxygen atoms in total. The molecule has 1 atom stereocenters. The first-order valence-electron chi connectivity index (χ1n) is 5.19. The average Bonchev–Trinajstić information content (AvgIpc) is 2.29. The lowest BCUT2D eigenvalue weighted by Crippen LogP contribution is -2.35. The molecular weight excluding hydrogens is 260 g/mol. The van der Waals surface area contributed by atoms with Crippen LogP contribution in [0.3, 0.4) is 0 Å². The number of hydrogen-bond donors (Lipinski definition) is 1. The van der Waals surface area contributed by atoms with Gasteiger partial charge < -0.3 is 10.1 Å². The van der Waals surface area contributed by atoms with Gasteiger partial charge in [0.15, 0.2) is 0 Å². The molecule has 0 aromatic heterocycles. The van der Waals surface area contributed by atoms with E-state index in [1.807, 2.05) is 0 Å². The van der Waals surface area contributed by atoms with Gasteiger partial charge in [-0.2, -0.15) is 0 Å². The van der Waals surface area contributed by atoms with Crippen molar-refractivity contribution in [3.8, 4) is 0 Å². The van der Waals surface area contributed by atoms with Crippen molar-refractivity contribution in [3.05, 3.63) is 38.9 Å². The first-order valence-corrected chi connectivity index (χ1v) is 5.57. The van der Waals surface area contributed by atoms with Crippen LogP contribution >= 0.6 is 11.6 Å². The molecular formula is C11H13ClN2O4. The number of ether oxygens (including phenoxy) is 1. The summed E-state index contributed by atoms with van der Waals surface area (Å²) in [6.45, 7) is 2.13. The second-order valence-electron chi connectivity index (χ2n) is 3.75. The number of nitro benzene ring substituents is 1. The van der Waals surface area contributed by atoms with Crippen molar-refractivity contribution in [2.45, 2.75) is 13.0 Å². The van der Waals surface area contributed by atoms with Crippen LogP contribution in [0.1, 0.15) is 17.3 Å². The van der Waals surface area contributed by atoms with Gasteiger partial charge in [0.25, 0.3) is 11.6 Å². The van der Waals surface area contributed by atoms with Crippen LogP contribution in [0.2, 0.25) is 5.02 Å². The molecule has 0 saturated carbocycles. The van der Waals surface area contributed by atoms with Crippen molar-refractivity contribution in [2.75, 3.05) is 13.7 Å². The summed E-state index contributed by atoms with van der Waals surface area (Å²) in [5.41, 5.74) is -0.0993. The lowest BCUT2D eigenvalue weighted by Gasteiger charge is -2.12. The topological polar surface area (TPSA) is 81.5 Å². The number of benzene rings is 1. The second kappa shape index (κ2) is 6.32. The Morgan fingerprint density at radius 2 is 2.28 bits per heavy atom. The Hall–Kier alpha value is -1.66. The van der Waals surface area contributed by atoms with Crippen molar-refractivity contribution in [2.24, 2.45) is 0 Å². The zero-order chi connectivity index (χ0) is 13.7. The van der Waals surface area contributed by atoms with E-state index in [0.717, 1.165) is 6.07 Å². The van der Waals surface area contributed by atoms with Crippen molar-refractivity contribution in [1.29, 1.82) is 0 Å². The number of methoxy groups -OCH3 is 1. The third-order valence-corrected chi connectivity index (χ3v) is 2.52. The summed E-state index contributed by atoms with van der Waals surface area (Å²) < 4.78 is 4.88. The second-order valence-corrected chi connectivity index (χ2v) is 4.16. The van der Waals surface area contributed by atoms with E-state index in [-0.39, 0.29) is 22.3 Å². The van der Waals surface area contributed by atoms with Crippen LogP contribution in [0.4, 0.5) is 5.69 Å². The highest BCUT2D eigenvalue weighted by Gasteiger charge is 2.17. The first-order chi connectivity index (χ1) is 8.45. The molecule has 1 aromatic rings. The Morgan fingerprint density at radius 1 is 1.61 bits per heavy atom. The average molecular weight is 273 g/mol. The van der Waals surface area contributed by atoms with E-state index in [4.69, 9.17) is 16.3 Å². The minimum Gasteiger partial charge on any atom is -0.383 e. The molecule has 7 heteroatoms. The molecule has 0 fully saturated rings. The Labute approximate surface area is 109 Å². The molecule has 0 aliphatic carbocycles. The lowest BCUT2D eigenvalue weighted by molar-refractivity contribution is -0.384. The SMILES string of the molecule is COC[C@H](C)NC(=O)c1ccc(Cl)c([N+](=O)[O-])c1. The number of nitro groups is 1. The van der Waals surface area contributed by atoms with Crippen LogP contribution in [0.15, 0.2) is 18.2 Å². The number of nitrogens with one attached hydrogen (secondary N) is 1. The summed E-state index contributed by atoms with van der Waals surface area (Å²) in [4.78, 5) is 21.8. The zero-order valence-electron chi connectivity index (χ0n) is 9.97. The lowest BCUT2D eigenvalue weighted by atomic mass is 10.2. The van der Waals surface area contributed by atoms with Gasteiger partial charge in [0, 0.05) is 24.8 Å². The van der Waals surface area contributed by atoms with Crippen LogP contribution in [-0.2, 0) is 4.74 Å². The summed E-state index contributed by atoms with van der Waals surface area (Å²) in [6, 6.07) is 3.73. The number of carbonyl (C=O) groups is 1. The van der Waals surface area contributed by atoms with Crippen molar-refractivity contribution < 1.29 is 14.5 Å². The maximum absolute atomic E-state index is 11.8. The Kier molecular flexibility index (Phi) is 5.06. The maximum Gasteiger partial charge on any atom is 0.288 e. The molecule has 0 unspecified atom stereocenters. The van der Waals surface area contributed by atoms with Gasteiger partial charge in [-0.25, -0.2) is 0 Å². The third kappa shape index (κ3) is 3.68. The summed E-state index contributed by atoms with van der Waals surface area (Å²) in [7, 11) is 1.52. The first kappa shape index (κ1) is 14.4. The van der Waals surface area contributed by atoms with E-state index < -0.39 is 10.8 Å². The Balaban J connectivity index is 2.87. The molecule has 0 aliphatic heterocycles. The highest BCUT2D eigenvalue weighted by Crippen LogP contribution is 2.24. The maximum atomic E-state index is 11.8. The molecule has 0 bridgehead atoms. The zero-order valence-corrected chi connectivity index (χ0v) is 10.7. The summed E-state index contributed by atoms with van der Waals surface area (Å²) >= 11 is 5.66. The van der Waals surface area contributed by atoms with Crippen molar-refractivity contribution in [3.63, 3.8) is 0 Å². The molecule has 18 heavy (non-hydrogen) atoms. The number of rotatable bonds is 5. The molecule has 0 aliphatic rings. The smallest absolute Gasteiger partial charge is 0.288 e. The highest BCUT2D eigenvalue weighted by molar-refractivity contribution is 6.32. The van der Waals surface area contributed by atoms with Gasteiger partial charge in [-0.15, -0.1) is 0 Å². The van der Waals surface area contributed by atoms with Crippen LogP contribution in [0, 0.1) is 10.1 Å². The van der Waals surface area contributed by atoms with E-state index in [0.29, 0.717) is 6.61 Å². The quantitative estimate of drug-likeness (QED) is 0.657. The van der Waals surface area contributed by atoms with Crippen LogP contribution in [0.25, 0.3) is 0 Å². The molecule has 1 aromatic carbocycles. The Morgan fingerprint density at radius 3 is 2.83 bits per heavy atom. The van der Waals surface area contributed by atoms with Gasteiger partial charge in [0.2, 0.25) is 0 Å². The molecule has 1 N–H and O–H groups in total. The number of nitrogens with zero attached hydrogens (tertiary/aromatic N) is 1. The van der Waals surface area contributed by atoms with Crippen LogP contribution in [-0.4, -0.2) is 30.6 Å². The number of halogens is 1. The van der Waals surface area contributed by atoms with Gasteiger partial charge in [-0.1, -0.05) is 11.6 Å². The van der Waals surface area contributed by atoms with E-state index in [1.165, 1.54) is 19.2 Å². The molecule has 98 valence electrons. The fourth-order valence-corrected chi connectivity index (χ4v) is 1.58. The normalized spacial score (nSPS) is 11.9. The minimum atomic E-state index is -0.627. The fourth-order valence-electron chi connectivity index (χ4n) is 1.39. The van der Waals surface area contributed by atoms with Crippen molar-refractivity contribution >= 4 is 23.2 Å². The predicted molar refractivity (Wildman–Crippen MR) is 66.9 cm³/mol. The van der Waals surface area contributed by atoms with Crippen LogP contribution < -0.4 is 5.32 Å². The molecule has 1 amide bonds. The molecule has 0 heterocycles. The van der Waals surface area contributed by atoms with Gasteiger partial charge >= 0.3 is 0 Å². The van der Waals surface area contributed by atoms with Gasteiger partial charge in [-0.05, 0) is 19.1 Å². The molecule has 0 saturated heterocycles. The van der Waals surface area contributed by atoms with E-state index in [9.17, 15) is 14.9 Å². The van der Waals surface area contributed by atoms with Gasteiger partial charge in [0.1, 0.15) is 5.02 Å². The predicted octanol–water partition coefficient (Wildman–Crippen LogP) is 2.01. The fraction of sp³-hybridized carbons (Fsp3) is 0.364. The third-order valence-electron chi connectivity index (χ3n) is 2.20.